The number of hydrogen-bond donors (Lipinski definition) is 1. The Labute approximate surface area is 113 Å². The predicted molar refractivity (Wildman–Crippen MR) is 77.9 cm³/mol. The van der Waals surface area contributed by atoms with Crippen molar-refractivity contribution in [2.24, 2.45) is 11.8 Å². The zero-order chi connectivity index (χ0) is 13.0. The molecule has 2 aliphatic rings. The molecule has 0 aromatic carbocycles. The minimum atomic E-state index is 0.729. The second-order valence-corrected chi connectivity index (χ2v) is 6.59. The number of piperidine rings is 1. The lowest BCUT2D eigenvalue weighted by molar-refractivity contribution is 0.205. The van der Waals surface area contributed by atoms with E-state index in [1.54, 1.807) is 0 Å². The standard InChI is InChI=1S/C15H31N3/c1-4-13-5-7-16-15(9-13)12-18(3)11-14-6-8-17(2)10-14/h13-16H,4-12H2,1-3H3. The molecule has 0 amide bonds. The third-order valence-electron chi connectivity index (χ3n) is 4.77. The molecule has 0 saturated carbocycles. The monoisotopic (exact) mass is 253 g/mol. The van der Waals surface area contributed by atoms with Crippen LogP contribution in [0.3, 0.4) is 0 Å². The van der Waals surface area contributed by atoms with E-state index in [9.17, 15) is 0 Å². The van der Waals surface area contributed by atoms with Crippen LogP contribution in [0.1, 0.15) is 32.6 Å². The molecule has 18 heavy (non-hydrogen) atoms. The second-order valence-electron chi connectivity index (χ2n) is 6.59. The van der Waals surface area contributed by atoms with Gasteiger partial charge in [0.05, 0.1) is 0 Å². The van der Waals surface area contributed by atoms with Gasteiger partial charge in [0.25, 0.3) is 0 Å². The summed E-state index contributed by atoms with van der Waals surface area (Å²) >= 11 is 0. The average Bonchev–Trinajstić information content (AvgIpc) is 2.74. The molecule has 0 spiro atoms. The van der Waals surface area contributed by atoms with E-state index in [0.29, 0.717) is 0 Å². The lowest BCUT2D eigenvalue weighted by Gasteiger charge is -2.33. The van der Waals surface area contributed by atoms with Crippen LogP contribution in [0.25, 0.3) is 0 Å². The molecule has 3 heteroatoms. The summed E-state index contributed by atoms with van der Waals surface area (Å²) < 4.78 is 0. The number of rotatable bonds is 5. The Bertz CT molecular complexity index is 244. The maximum absolute atomic E-state index is 3.70. The Morgan fingerprint density at radius 1 is 1.22 bits per heavy atom. The summed E-state index contributed by atoms with van der Waals surface area (Å²) in [7, 11) is 4.55. The van der Waals surface area contributed by atoms with Crippen molar-refractivity contribution in [2.75, 3.05) is 46.8 Å². The summed E-state index contributed by atoms with van der Waals surface area (Å²) in [6.45, 7) is 8.66. The van der Waals surface area contributed by atoms with Crippen molar-refractivity contribution in [3.05, 3.63) is 0 Å². The molecule has 2 aliphatic heterocycles. The van der Waals surface area contributed by atoms with E-state index in [0.717, 1.165) is 17.9 Å². The van der Waals surface area contributed by atoms with Crippen LogP contribution >= 0.6 is 0 Å². The fourth-order valence-electron chi connectivity index (χ4n) is 3.67. The summed E-state index contributed by atoms with van der Waals surface area (Å²) in [6, 6.07) is 0.729. The van der Waals surface area contributed by atoms with E-state index in [1.807, 2.05) is 0 Å². The van der Waals surface area contributed by atoms with Crippen LogP contribution in [0, 0.1) is 11.8 Å². The summed E-state index contributed by atoms with van der Waals surface area (Å²) in [5, 5.41) is 3.70. The first-order valence-corrected chi connectivity index (χ1v) is 7.77. The Kier molecular flexibility index (Phi) is 5.46. The minimum Gasteiger partial charge on any atom is -0.313 e. The molecule has 2 rings (SSSR count). The van der Waals surface area contributed by atoms with Gasteiger partial charge in [-0.05, 0) is 58.3 Å². The Balaban J connectivity index is 1.68. The summed E-state index contributed by atoms with van der Waals surface area (Å²) in [5.41, 5.74) is 0. The molecule has 2 saturated heterocycles. The lowest BCUT2D eigenvalue weighted by atomic mass is 9.90. The molecule has 0 aromatic heterocycles. The molecule has 0 radical (unpaired) electrons. The van der Waals surface area contributed by atoms with Gasteiger partial charge in [0, 0.05) is 25.7 Å². The Morgan fingerprint density at radius 3 is 2.72 bits per heavy atom. The van der Waals surface area contributed by atoms with E-state index in [2.05, 4.69) is 36.1 Å². The topological polar surface area (TPSA) is 18.5 Å². The molecule has 3 nitrogen and oxygen atoms in total. The lowest BCUT2D eigenvalue weighted by Crippen LogP contribution is -2.45. The molecule has 2 heterocycles. The van der Waals surface area contributed by atoms with Crippen LogP contribution in [0.5, 0.6) is 0 Å². The molecule has 0 aliphatic carbocycles. The van der Waals surface area contributed by atoms with Gasteiger partial charge in [-0.25, -0.2) is 0 Å². The summed E-state index contributed by atoms with van der Waals surface area (Å²) in [5.74, 6) is 1.85. The fraction of sp³-hybridized carbons (Fsp3) is 1.00. The number of nitrogens with one attached hydrogen (secondary N) is 1. The van der Waals surface area contributed by atoms with E-state index < -0.39 is 0 Å². The van der Waals surface area contributed by atoms with Crippen molar-refractivity contribution in [1.29, 1.82) is 0 Å². The molecule has 0 bridgehead atoms. The maximum atomic E-state index is 3.70. The molecular formula is C15H31N3. The van der Waals surface area contributed by atoms with Crippen molar-refractivity contribution in [1.82, 2.24) is 15.1 Å². The Hall–Kier alpha value is -0.120. The largest absolute Gasteiger partial charge is 0.313 e. The number of nitrogens with zero attached hydrogens (tertiary/aromatic N) is 2. The minimum absolute atomic E-state index is 0.729. The first-order chi connectivity index (χ1) is 8.67. The van der Waals surface area contributed by atoms with Gasteiger partial charge in [-0.15, -0.1) is 0 Å². The molecule has 3 unspecified atom stereocenters. The molecule has 1 N–H and O–H groups in total. The van der Waals surface area contributed by atoms with Crippen molar-refractivity contribution in [3.63, 3.8) is 0 Å². The zero-order valence-electron chi connectivity index (χ0n) is 12.5. The quantitative estimate of drug-likeness (QED) is 0.804. The summed E-state index contributed by atoms with van der Waals surface area (Å²) in [4.78, 5) is 5.02. The van der Waals surface area contributed by atoms with Gasteiger partial charge < -0.3 is 15.1 Å². The van der Waals surface area contributed by atoms with Gasteiger partial charge in [-0.2, -0.15) is 0 Å². The first-order valence-electron chi connectivity index (χ1n) is 7.77. The summed E-state index contributed by atoms with van der Waals surface area (Å²) in [6.07, 6.45) is 5.50. The highest BCUT2D eigenvalue weighted by Gasteiger charge is 2.24. The molecule has 106 valence electrons. The van der Waals surface area contributed by atoms with Crippen LogP contribution < -0.4 is 5.32 Å². The normalized spacial score (nSPS) is 34.3. The van der Waals surface area contributed by atoms with Crippen LogP contribution in [0.2, 0.25) is 0 Å². The molecule has 3 atom stereocenters. The highest BCUT2D eigenvalue weighted by atomic mass is 15.2. The van der Waals surface area contributed by atoms with E-state index in [4.69, 9.17) is 0 Å². The van der Waals surface area contributed by atoms with E-state index in [-0.39, 0.29) is 0 Å². The van der Waals surface area contributed by atoms with Gasteiger partial charge in [0.2, 0.25) is 0 Å². The van der Waals surface area contributed by atoms with E-state index >= 15 is 0 Å². The van der Waals surface area contributed by atoms with Crippen molar-refractivity contribution in [2.45, 2.75) is 38.6 Å². The smallest absolute Gasteiger partial charge is 0.0197 e. The highest BCUT2D eigenvalue weighted by Crippen LogP contribution is 2.20. The fourth-order valence-corrected chi connectivity index (χ4v) is 3.67. The van der Waals surface area contributed by atoms with Crippen molar-refractivity contribution in [3.8, 4) is 0 Å². The maximum Gasteiger partial charge on any atom is 0.0197 e. The highest BCUT2D eigenvalue weighted by molar-refractivity contribution is 4.82. The van der Waals surface area contributed by atoms with Crippen LogP contribution in [0.4, 0.5) is 0 Å². The SMILES string of the molecule is CCC1CCNC(CN(C)CC2CCN(C)C2)C1. The molecule has 2 fully saturated rings. The van der Waals surface area contributed by atoms with Crippen LogP contribution in [-0.4, -0.2) is 62.7 Å². The van der Waals surface area contributed by atoms with Crippen LogP contribution in [0.15, 0.2) is 0 Å². The number of likely N-dealkylation sites (tertiary alicyclic amines) is 1. The van der Waals surface area contributed by atoms with Gasteiger partial charge in [0.15, 0.2) is 0 Å². The van der Waals surface area contributed by atoms with Gasteiger partial charge in [-0.1, -0.05) is 13.3 Å². The zero-order valence-corrected chi connectivity index (χ0v) is 12.5. The molecule has 0 aromatic rings. The number of likely N-dealkylation sites (N-methyl/N-ethyl adjacent to an activating group) is 1. The number of hydrogen-bond acceptors (Lipinski definition) is 3. The van der Waals surface area contributed by atoms with E-state index in [1.165, 1.54) is 58.4 Å². The third kappa shape index (κ3) is 4.22. The molecular weight excluding hydrogens is 222 g/mol. The van der Waals surface area contributed by atoms with Gasteiger partial charge >= 0.3 is 0 Å². The van der Waals surface area contributed by atoms with Gasteiger partial charge in [0.1, 0.15) is 0 Å². The van der Waals surface area contributed by atoms with Crippen LogP contribution in [-0.2, 0) is 0 Å². The Morgan fingerprint density at radius 2 is 2.06 bits per heavy atom. The predicted octanol–water partition coefficient (Wildman–Crippen LogP) is 1.65. The van der Waals surface area contributed by atoms with Crippen molar-refractivity contribution < 1.29 is 0 Å². The second kappa shape index (κ2) is 6.88. The third-order valence-corrected chi connectivity index (χ3v) is 4.77. The van der Waals surface area contributed by atoms with Gasteiger partial charge in [-0.3, -0.25) is 0 Å². The van der Waals surface area contributed by atoms with Crippen molar-refractivity contribution >= 4 is 0 Å². The first kappa shape index (κ1) is 14.3. The average molecular weight is 253 g/mol.